The number of nitrogens with one attached hydrogen (secondary N) is 1. The van der Waals surface area contributed by atoms with E-state index in [1.54, 1.807) is 16.7 Å². The van der Waals surface area contributed by atoms with E-state index in [4.69, 9.17) is 9.47 Å². The molecule has 142 valence electrons. The third-order valence-corrected chi connectivity index (χ3v) is 5.26. The van der Waals surface area contributed by atoms with E-state index in [1.165, 1.54) is 7.11 Å². The van der Waals surface area contributed by atoms with Crippen molar-refractivity contribution in [3.63, 3.8) is 0 Å². The number of methoxy groups -OCH3 is 1. The summed E-state index contributed by atoms with van der Waals surface area (Å²) in [6.07, 6.45) is 0. The molecule has 3 rings (SSSR count). The van der Waals surface area contributed by atoms with E-state index < -0.39 is 0 Å². The lowest BCUT2D eigenvalue weighted by Crippen LogP contribution is -2.27. The molecule has 2 aromatic rings. The van der Waals surface area contributed by atoms with Gasteiger partial charge in [0.15, 0.2) is 0 Å². The Hall–Kier alpha value is -2.51. The van der Waals surface area contributed by atoms with E-state index in [2.05, 4.69) is 5.32 Å². The van der Waals surface area contributed by atoms with Gasteiger partial charge in [0, 0.05) is 18.5 Å². The molecular weight excluding hydrogens is 364 g/mol. The average molecular weight is 386 g/mol. The number of nitrogens with zero attached hydrogens (tertiary/aromatic N) is 1. The van der Waals surface area contributed by atoms with Crippen LogP contribution in [0.1, 0.15) is 17.9 Å². The van der Waals surface area contributed by atoms with Crippen LogP contribution in [0.15, 0.2) is 48.5 Å². The first-order chi connectivity index (χ1) is 13.1. The highest BCUT2D eigenvalue weighted by Crippen LogP contribution is 2.42. The molecule has 27 heavy (non-hydrogen) atoms. The minimum atomic E-state index is -0.202. The maximum atomic E-state index is 12.5. The van der Waals surface area contributed by atoms with Gasteiger partial charge in [-0.15, -0.1) is 11.8 Å². The number of carbonyl (C=O) groups excluding carboxylic acids is 2. The van der Waals surface area contributed by atoms with Crippen molar-refractivity contribution >= 4 is 35.0 Å². The minimum absolute atomic E-state index is 0.0141. The summed E-state index contributed by atoms with van der Waals surface area (Å²) in [7, 11) is 1.48. The molecule has 2 aromatic carbocycles. The van der Waals surface area contributed by atoms with Gasteiger partial charge in [0.25, 0.3) is 0 Å². The summed E-state index contributed by atoms with van der Waals surface area (Å²) >= 11 is 1.59. The van der Waals surface area contributed by atoms with Crippen molar-refractivity contribution in [2.24, 2.45) is 0 Å². The van der Waals surface area contributed by atoms with Crippen LogP contribution in [0.25, 0.3) is 0 Å². The minimum Gasteiger partial charge on any atom is -0.494 e. The van der Waals surface area contributed by atoms with Crippen molar-refractivity contribution in [2.75, 3.05) is 36.3 Å². The van der Waals surface area contributed by atoms with Crippen molar-refractivity contribution in [3.8, 4) is 5.75 Å². The van der Waals surface area contributed by atoms with Gasteiger partial charge in [0.1, 0.15) is 17.7 Å². The summed E-state index contributed by atoms with van der Waals surface area (Å²) in [5.41, 5.74) is 2.54. The molecule has 2 amide bonds. The number of benzene rings is 2. The molecule has 1 aliphatic rings. The third-order valence-electron chi connectivity index (χ3n) is 4.05. The first kappa shape index (κ1) is 19.3. The fourth-order valence-corrected chi connectivity index (χ4v) is 4.06. The zero-order chi connectivity index (χ0) is 19.2. The van der Waals surface area contributed by atoms with Crippen LogP contribution in [0, 0.1) is 0 Å². The van der Waals surface area contributed by atoms with Crippen molar-refractivity contribution in [3.05, 3.63) is 54.1 Å². The predicted octanol–water partition coefficient (Wildman–Crippen LogP) is 3.45. The van der Waals surface area contributed by atoms with Crippen LogP contribution in [-0.2, 0) is 14.3 Å². The predicted molar refractivity (Wildman–Crippen MR) is 107 cm³/mol. The van der Waals surface area contributed by atoms with Crippen LogP contribution < -0.4 is 15.0 Å². The normalized spacial score (nSPS) is 16.4. The van der Waals surface area contributed by atoms with Crippen LogP contribution in [0.2, 0.25) is 0 Å². The Labute approximate surface area is 162 Å². The topological polar surface area (TPSA) is 67.9 Å². The number of anilines is 2. The van der Waals surface area contributed by atoms with Crippen molar-refractivity contribution < 1.29 is 19.1 Å². The Balaban J connectivity index is 1.76. The molecule has 0 aliphatic carbocycles. The molecule has 6 nitrogen and oxygen atoms in total. The van der Waals surface area contributed by atoms with Crippen LogP contribution in [0.5, 0.6) is 5.75 Å². The fraction of sp³-hybridized carbons (Fsp3) is 0.300. The van der Waals surface area contributed by atoms with Gasteiger partial charge in [0.05, 0.1) is 12.4 Å². The van der Waals surface area contributed by atoms with E-state index in [0.717, 1.165) is 17.0 Å². The zero-order valence-electron chi connectivity index (χ0n) is 15.3. The molecule has 0 radical (unpaired) electrons. The average Bonchev–Trinajstić information content (AvgIpc) is 3.05. The van der Waals surface area contributed by atoms with Crippen molar-refractivity contribution in [1.29, 1.82) is 0 Å². The second-order valence-electron chi connectivity index (χ2n) is 5.96. The van der Waals surface area contributed by atoms with E-state index in [0.29, 0.717) is 18.0 Å². The monoisotopic (exact) mass is 386 g/mol. The van der Waals surface area contributed by atoms with Gasteiger partial charge in [-0.3, -0.25) is 14.5 Å². The van der Waals surface area contributed by atoms with E-state index in [9.17, 15) is 9.59 Å². The fourth-order valence-electron chi connectivity index (χ4n) is 2.88. The SMILES string of the molecule is CCOc1ccc(N2C(=O)CSC2c2ccc(NC(=O)COC)cc2)cc1. The Morgan fingerprint density at radius 2 is 1.89 bits per heavy atom. The summed E-state index contributed by atoms with van der Waals surface area (Å²) in [4.78, 5) is 25.9. The molecule has 0 bridgehead atoms. The van der Waals surface area contributed by atoms with Crippen LogP contribution in [0.4, 0.5) is 11.4 Å². The second-order valence-corrected chi connectivity index (χ2v) is 7.03. The van der Waals surface area contributed by atoms with Crippen LogP contribution in [-0.4, -0.2) is 37.9 Å². The molecule has 1 fully saturated rings. The molecule has 1 heterocycles. The number of rotatable bonds is 7. The first-order valence-electron chi connectivity index (χ1n) is 8.67. The number of ether oxygens (including phenoxy) is 2. The molecule has 1 aliphatic heterocycles. The summed E-state index contributed by atoms with van der Waals surface area (Å²) < 4.78 is 10.3. The Kier molecular flexibility index (Phi) is 6.36. The number of thioether (sulfide) groups is 1. The van der Waals surface area contributed by atoms with Gasteiger partial charge < -0.3 is 14.8 Å². The number of amides is 2. The summed E-state index contributed by atoms with van der Waals surface area (Å²) in [6.45, 7) is 2.56. The molecule has 1 saturated heterocycles. The van der Waals surface area contributed by atoms with Crippen molar-refractivity contribution in [1.82, 2.24) is 0 Å². The summed E-state index contributed by atoms with van der Waals surface area (Å²) in [5, 5.41) is 2.67. The third kappa shape index (κ3) is 4.61. The Bertz CT molecular complexity index is 793. The van der Waals surface area contributed by atoms with Gasteiger partial charge in [-0.1, -0.05) is 12.1 Å². The molecule has 0 spiro atoms. The standard InChI is InChI=1S/C20H22N2O4S/c1-3-26-17-10-8-16(9-11-17)22-19(24)13-27-20(22)14-4-6-15(7-5-14)21-18(23)12-25-2/h4-11,20H,3,12-13H2,1-2H3,(H,21,23). The maximum absolute atomic E-state index is 12.5. The molecule has 1 unspecified atom stereocenters. The van der Waals surface area contributed by atoms with Crippen LogP contribution >= 0.6 is 11.8 Å². The lowest BCUT2D eigenvalue weighted by atomic mass is 10.1. The molecule has 7 heteroatoms. The van der Waals surface area contributed by atoms with Gasteiger partial charge in [-0.05, 0) is 48.9 Å². The highest BCUT2D eigenvalue weighted by atomic mass is 32.2. The van der Waals surface area contributed by atoms with Gasteiger partial charge >= 0.3 is 0 Å². The number of hydrogen-bond acceptors (Lipinski definition) is 5. The highest BCUT2D eigenvalue weighted by molar-refractivity contribution is 8.00. The molecule has 1 atom stereocenters. The lowest BCUT2D eigenvalue weighted by molar-refractivity contribution is -0.119. The quantitative estimate of drug-likeness (QED) is 0.789. The Morgan fingerprint density at radius 3 is 2.52 bits per heavy atom. The molecule has 1 N–H and O–H groups in total. The number of hydrogen-bond donors (Lipinski definition) is 1. The van der Waals surface area contributed by atoms with Gasteiger partial charge in [0.2, 0.25) is 11.8 Å². The number of carbonyl (C=O) groups is 2. The second kappa shape index (κ2) is 8.92. The molecular formula is C20H22N2O4S. The smallest absolute Gasteiger partial charge is 0.250 e. The first-order valence-corrected chi connectivity index (χ1v) is 9.72. The van der Waals surface area contributed by atoms with E-state index in [-0.39, 0.29) is 23.8 Å². The lowest BCUT2D eigenvalue weighted by Gasteiger charge is -2.24. The summed E-state index contributed by atoms with van der Waals surface area (Å²) in [6, 6.07) is 15.1. The molecule has 0 aromatic heterocycles. The highest BCUT2D eigenvalue weighted by Gasteiger charge is 2.34. The van der Waals surface area contributed by atoms with Gasteiger partial charge in [-0.2, -0.15) is 0 Å². The largest absolute Gasteiger partial charge is 0.494 e. The maximum Gasteiger partial charge on any atom is 0.250 e. The molecule has 0 saturated carbocycles. The van der Waals surface area contributed by atoms with E-state index >= 15 is 0 Å². The van der Waals surface area contributed by atoms with Gasteiger partial charge in [-0.25, -0.2) is 0 Å². The van der Waals surface area contributed by atoms with Crippen molar-refractivity contribution in [2.45, 2.75) is 12.3 Å². The zero-order valence-corrected chi connectivity index (χ0v) is 16.1. The summed E-state index contributed by atoms with van der Waals surface area (Å²) in [5.74, 6) is 1.09. The van der Waals surface area contributed by atoms with E-state index in [1.807, 2.05) is 55.5 Å². The van der Waals surface area contributed by atoms with Crippen LogP contribution in [0.3, 0.4) is 0 Å². The Morgan fingerprint density at radius 1 is 1.19 bits per heavy atom.